The smallest absolute Gasteiger partial charge is 0.155 e. The molecule has 11 heterocycles. The molecule has 1 N–H and O–H groups in total. The third-order valence-corrected chi connectivity index (χ3v) is 21.8. The maximum Gasteiger partial charge on any atom is 0.155 e. The predicted molar refractivity (Wildman–Crippen MR) is 546 cm³/mol. The maximum absolute atomic E-state index is 10.0. The van der Waals surface area contributed by atoms with Crippen molar-refractivity contribution in [2.24, 2.45) is 0 Å². The summed E-state index contributed by atoms with van der Waals surface area (Å²) in [6.45, 7) is 11.1. The fourth-order valence-corrected chi connectivity index (χ4v) is 15.3. The molecular formula is C122H88Ir4N7O6-7. The molecule has 690 valence electrons. The largest absolute Gasteiger partial charge is 0.512 e. The molecule has 0 saturated carbocycles. The minimum atomic E-state index is -0.125. The molecule has 24 aromatic rings. The quantitative estimate of drug-likeness (QED) is 0.0777. The number of rotatable bonds is 10. The first-order chi connectivity index (χ1) is 66.3. The van der Waals surface area contributed by atoms with Crippen LogP contribution in [0.1, 0.15) is 36.1 Å². The molecule has 0 unspecified atom stereocenters. The Labute approximate surface area is 861 Å². The number of allylic oxidation sites excluding steroid dienone is 2. The summed E-state index contributed by atoms with van der Waals surface area (Å²) in [5.41, 5.74) is 29.5. The van der Waals surface area contributed by atoms with Gasteiger partial charge in [-0.25, -0.2) is 0 Å². The third kappa shape index (κ3) is 25.6. The molecule has 0 spiro atoms. The van der Waals surface area contributed by atoms with Gasteiger partial charge in [0.05, 0.1) is 28.1 Å². The van der Waals surface area contributed by atoms with E-state index in [4.69, 9.17) is 22.8 Å². The summed E-state index contributed by atoms with van der Waals surface area (Å²) in [5.74, 6) is -0.0625. The fourth-order valence-electron chi connectivity index (χ4n) is 15.3. The molecule has 13 nitrogen and oxygen atoms in total. The minimum Gasteiger partial charge on any atom is -0.512 e. The molecule has 0 saturated heterocycles. The number of carbonyl (C=O) groups excluding carboxylic acids is 1. The van der Waals surface area contributed by atoms with Gasteiger partial charge in [0.1, 0.15) is 22.3 Å². The monoisotopic (exact) mass is 2520 g/mol. The van der Waals surface area contributed by atoms with Crippen LogP contribution in [0.15, 0.2) is 443 Å². The molecule has 17 heteroatoms. The molecule has 0 fully saturated rings. The standard InChI is InChI=1S/C24H16NO.C23H14NO.C18H12NO.C17H10NO.2C12H10N.C11H8N.C5H8O2.4Ir/c1-16-9-11-17(12-10-16)18-13-14-25-22(15-18)21-7-4-6-20-19-5-2-3-8-23(19)26-24(20)21;1-2-7-16(8-3-1)17-13-14-24-21(15-17)20-11-6-10-19-18-9-4-5-12-22(18)25-23(19)20;1-12-9-10-19-16(11-12)15-7-4-6-14-13-5-2-3-8-17(13)20-18(14)15;1-2-10-16-12(6-1)13-7-5-8-14(17(13)19-16)15-9-3-4-11-18-15;2*1-10-7-8-12(13-9-10)11-5-3-2-4-6-11;1-2-6-10(7-3-1)11-8-4-5-9-12-11;1-4(6)3-5(2)7;;;;/h2-6,8-15H,1H3;1-10,12-15H;2-6,8-11H,1H3;1-7,9-11H;2*2-5,7-9H,1H3;1-6,8-9H;3,6H,1-2H3;;;;/q7*-1;;;;;. The van der Waals surface area contributed by atoms with Crippen LogP contribution in [-0.4, -0.2) is 45.8 Å². The van der Waals surface area contributed by atoms with Crippen LogP contribution in [0.3, 0.4) is 0 Å². The van der Waals surface area contributed by atoms with Crippen LogP contribution in [0.5, 0.6) is 0 Å². The number of carbonyl (C=O) groups is 1. The number of para-hydroxylation sites is 4. The van der Waals surface area contributed by atoms with Crippen LogP contribution in [0.4, 0.5) is 0 Å². The summed E-state index contributed by atoms with van der Waals surface area (Å²) in [7, 11) is 0. The number of aryl methyl sites for hydroxylation is 4. The Bertz CT molecular complexity index is 8010. The Kier molecular flexibility index (Phi) is 36.2. The average molecular weight is 2520 g/mol. The Balaban J connectivity index is 0.000000137. The van der Waals surface area contributed by atoms with Crippen molar-refractivity contribution in [3.8, 4) is 101 Å². The predicted octanol–water partition coefficient (Wildman–Crippen LogP) is 31.0. The van der Waals surface area contributed by atoms with Crippen molar-refractivity contribution < 1.29 is 108 Å². The first kappa shape index (κ1) is 101. The van der Waals surface area contributed by atoms with Crippen molar-refractivity contribution in [3.05, 3.63) is 490 Å². The number of nitrogens with zero attached hydrogens (tertiary/aromatic N) is 7. The van der Waals surface area contributed by atoms with E-state index >= 15 is 0 Å². The van der Waals surface area contributed by atoms with Crippen molar-refractivity contribution in [1.29, 1.82) is 0 Å². The number of aromatic nitrogens is 7. The van der Waals surface area contributed by atoms with E-state index in [9.17, 15) is 4.79 Å². The molecule has 0 bridgehead atoms. The van der Waals surface area contributed by atoms with Gasteiger partial charge in [-0.2, -0.15) is 0 Å². The van der Waals surface area contributed by atoms with E-state index in [1.807, 2.05) is 318 Å². The molecule has 11 aromatic heterocycles. The zero-order chi connectivity index (χ0) is 92.6. The van der Waals surface area contributed by atoms with Gasteiger partial charge in [0.15, 0.2) is 5.78 Å². The number of benzene rings is 13. The van der Waals surface area contributed by atoms with Gasteiger partial charge >= 0.3 is 0 Å². The van der Waals surface area contributed by atoms with E-state index in [0.717, 1.165) is 178 Å². The molecule has 24 rings (SSSR count). The number of furan rings is 4. The Morgan fingerprint density at radius 1 is 0.252 bits per heavy atom. The van der Waals surface area contributed by atoms with E-state index in [-0.39, 0.29) is 92.0 Å². The van der Waals surface area contributed by atoms with Crippen molar-refractivity contribution in [1.82, 2.24) is 34.9 Å². The van der Waals surface area contributed by atoms with Crippen molar-refractivity contribution in [2.75, 3.05) is 0 Å². The zero-order valence-electron chi connectivity index (χ0n) is 76.3. The molecule has 4 radical (unpaired) electrons. The number of hydrogen-bond donors (Lipinski definition) is 1. The second-order valence-corrected chi connectivity index (χ2v) is 31.7. The summed E-state index contributed by atoms with van der Waals surface area (Å²) in [5, 5.41) is 17.3. The second-order valence-electron chi connectivity index (χ2n) is 31.7. The minimum absolute atomic E-state index is 0. The number of hydrogen-bond acceptors (Lipinski definition) is 13. The van der Waals surface area contributed by atoms with Gasteiger partial charge in [-0.05, 0) is 169 Å². The van der Waals surface area contributed by atoms with E-state index in [2.05, 4.69) is 188 Å². The third-order valence-electron chi connectivity index (χ3n) is 21.8. The van der Waals surface area contributed by atoms with E-state index in [1.54, 1.807) is 12.4 Å². The van der Waals surface area contributed by atoms with E-state index in [0.29, 0.717) is 0 Å². The molecule has 0 aliphatic carbocycles. The first-order valence-electron chi connectivity index (χ1n) is 44.0. The molecule has 139 heavy (non-hydrogen) atoms. The molecule has 0 atom stereocenters. The molecule has 0 aliphatic rings. The molecule has 13 aromatic carbocycles. The van der Waals surface area contributed by atoms with E-state index in [1.165, 1.54) is 53.3 Å². The summed E-state index contributed by atoms with van der Waals surface area (Å²) in [6, 6.07) is 145. The number of aliphatic hydroxyl groups excluding tert-OH is 1. The molecule has 0 aliphatic heterocycles. The SMILES string of the molecule is CC(=O)C=C(C)O.Cc1ccc(-c2[c-]cccc2)nc1.Cc1ccc(-c2[c-]cccc2)nc1.Cc1ccc(-c2ccnc(-c3[c-]ccc4c3oc3ccccc34)c2)cc1.Cc1ccnc(-c2[c-]ccc3c2oc2ccccc23)c1.[Ir].[Ir].[Ir].[Ir].[c-]1ccc2c(oc3ccccc32)c1-c1cc(-c2ccccc2)ccn1.[c-]1ccc2c(oc3ccccc32)c1-c1ccccn1.[c-]1ccccc1-c1ccccn1. The van der Waals surface area contributed by atoms with Crippen molar-refractivity contribution >= 4 is 93.5 Å². The van der Waals surface area contributed by atoms with Crippen LogP contribution >= 0.6 is 0 Å². The average Bonchev–Trinajstić information content (AvgIpc) is 1.64. The molecular weight excluding hydrogens is 2430 g/mol. The Morgan fingerprint density at radius 2 is 0.568 bits per heavy atom. The van der Waals surface area contributed by atoms with E-state index < -0.39 is 0 Å². The van der Waals surface area contributed by atoms with Crippen molar-refractivity contribution in [3.63, 3.8) is 0 Å². The summed E-state index contributed by atoms with van der Waals surface area (Å²) >= 11 is 0. The second kappa shape index (κ2) is 49.6. The van der Waals surface area contributed by atoms with Gasteiger partial charge in [0.2, 0.25) is 0 Å². The summed E-state index contributed by atoms with van der Waals surface area (Å²) in [6.07, 6.45) is 14.0. The first-order valence-corrected chi connectivity index (χ1v) is 44.0. The van der Waals surface area contributed by atoms with Gasteiger partial charge in [0.25, 0.3) is 0 Å². The number of ketones is 1. The van der Waals surface area contributed by atoms with Crippen LogP contribution < -0.4 is 0 Å². The van der Waals surface area contributed by atoms with Crippen LogP contribution in [0.2, 0.25) is 0 Å². The fraction of sp³-hybridized carbons (Fsp3) is 0.0492. The van der Waals surface area contributed by atoms with Crippen LogP contribution in [0.25, 0.3) is 189 Å². The topological polar surface area (TPSA) is 180 Å². The normalized spacial score (nSPS) is 10.5. The van der Waals surface area contributed by atoms with Gasteiger partial charge in [0, 0.05) is 151 Å². The van der Waals surface area contributed by atoms with Gasteiger partial charge in [-0.1, -0.05) is 249 Å². The molecule has 0 amide bonds. The number of aliphatic hydroxyl groups is 1. The van der Waals surface area contributed by atoms with Crippen molar-refractivity contribution in [2.45, 2.75) is 41.5 Å². The number of pyridine rings is 7. The zero-order valence-corrected chi connectivity index (χ0v) is 85.9. The number of fused-ring (bicyclic) bond motifs is 12. The Hall–Kier alpha value is -15.1. The van der Waals surface area contributed by atoms with Gasteiger partial charge in [-0.3, -0.25) is 4.79 Å². The summed E-state index contributed by atoms with van der Waals surface area (Å²) in [4.78, 5) is 40.8. The van der Waals surface area contributed by atoms with Gasteiger partial charge in [-0.15, -0.1) is 180 Å². The summed E-state index contributed by atoms with van der Waals surface area (Å²) < 4.78 is 24.2. The Morgan fingerprint density at radius 3 is 0.899 bits per heavy atom. The van der Waals surface area contributed by atoms with Gasteiger partial charge < -0.3 is 57.7 Å². The maximum atomic E-state index is 10.0. The van der Waals surface area contributed by atoms with Crippen LogP contribution in [-0.2, 0) is 85.2 Å². The van der Waals surface area contributed by atoms with Crippen LogP contribution in [0, 0.1) is 70.2 Å².